The lowest BCUT2D eigenvalue weighted by Crippen LogP contribution is -2.41. The lowest BCUT2D eigenvalue weighted by molar-refractivity contribution is 0.00578. The monoisotopic (exact) mass is 391 g/mol. The van der Waals surface area contributed by atoms with E-state index in [0.29, 0.717) is 12.5 Å². The molecular formula is C22H35BFNO3. The van der Waals surface area contributed by atoms with Crippen LogP contribution in [0.3, 0.4) is 0 Å². The Morgan fingerprint density at radius 2 is 1.86 bits per heavy atom. The van der Waals surface area contributed by atoms with Crippen LogP contribution in [0.15, 0.2) is 23.8 Å². The van der Waals surface area contributed by atoms with E-state index in [1.807, 2.05) is 39.8 Å². The van der Waals surface area contributed by atoms with Crippen LogP contribution in [0.1, 0.15) is 47.0 Å². The van der Waals surface area contributed by atoms with Gasteiger partial charge in [0, 0.05) is 5.82 Å². The van der Waals surface area contributed by atoms with Crippen molar-refractivity contribution in [3.05, 3.63) is 23.8 Å². The number of rotatable bonds is 6. The fourth-order valence-electron chi connectivity index (χ4n) is 4.74. The molecule has 0 aromatic heterocycles. The summed E-state index contributed by atoms with van der Waals surface area (Å²) in [7, 11) is -0.549. The first kappa shape index (κ1) is 20.6. The Morgan fingerprint density at radius 1 is 1.18 bits per heavy atom. The van der Waals surface area contributed by atoms with E-state index in [1.165, 1.54) is 19.3 Å². The molecule has 4 atom stereocenters. The first-order valence-corrected chi connectivity index (χ1v) is 10.9. The van der Waals surface area contributed by atoms with Gasteiger partial charge in [-0.05, 0) is 89.4 Å². The average Bonchev–Trinajstić information content (AvgIpc) is 3.36. The van der Waals surface area contributed by atoms with Crippen molar-refractivity contribution in [2.75, 3.05) is 26.3 Å². The summed E-state index contributed by atoms with van der Waals surface area (Å²) < 4.78 is 32.8. The summed E-state index contributed by atoms with van der Waals surface area (Å²) >= 11 is 0. The largest absolute Gasteiger partial charge is 0.468 e. The van der Waals surface area contributed by atoms with E-state index in [0.717, 1.165) is 37.1 Å². The molecule has 3 fully saturated rings. The Balaban J connectivity index is 1.22. The van der Waals surface area contributed by atoms with Crippen LogP contribution >= 0.6 is 0 Å². The molecule has 156 valence electrons. The van der Waals surface area contributed by atoms with Gasteiger partial charge in [0.1, 0.15) is 6.17 Å². The van der Waals surface area contributed by atoms with Crippen LogP contribution in [-0.2, 0) is 14.0 Å². The molecule has 2 saturated heterocycles. The number of piperidine rings is 1. The molecule has 0 spiro atoms. The number of hydrogen-bond donors (Lipinski definition) is 1. The van der Waals surface area contributed by atoms with E-state index in [2.05, 4.69) is 5.32 Å². The van der Waals surface area contributed by atoms with Crippen LogP contribution in [0.4, 0.5) is 4.39 Å². The minimum absolute atomic E-state index is 0.405. The van der Waals surface area contributed by atoms with Gasteiger partial charge in [-0.25, -0.2) is 4.39 Å². The van der Waals surface area contributed by atoms with E-state index in [1.54, 1.807) is 6.08 Å². The van der Waals surface area contributed by atoms with Crippen molar-refractivity contribution in [2.24, 2.45) is 17.8 Å². The van der Waals surface area contributed by atoms with E-state index >= 15 is 0 Å². The van der Waals surface area contributed by atoms with Crippen LogP contribution in [0.25, 0.3) is 0 Å². The molecule has 4 aliphatic rings. The number of ether oxygens (including phenoxy) is 1. The highest BCUT2D eigenvalue weighted by molar-refractivity contribution is 6.48. The summed E-state index contributed by atoms with van der Waals surface area (Å²) in [6.07, 6.45) is 8.34. The van der Waals surface area contributed by atoms with Crippen molar-refractivity contribution in [3.8, 4) is 0 Å². The Hall–Kier alpha value is -0.685. The third kappa shape index (κ3) is 4.25. The predicted molar refractivity (Wildman–Crippen MR) is 110 cm³/mol. The number of nitrogens with one attached hydrogen (secondary N) is 1. The molecule has 0 aromatic carbocycles. The van der Waals surface area contributed by atoms with Gasteiger partial charge in [0.25, 0.3) is 0 Å². The summed E-state index contributed by atoms with van der Waals surface area (Å²) in [5.41, 5.74) is 0.0421. The molecule has 2 heterocycles. The highest BCUT2D eigenvalue weighted by Crippen LogP contribution is 2.47. The van der Waals surface area contributed by atoms with Crippen LogP contribution in [-0.4, -0.2) is 50.8 Å². The molecule has 2 unspecified atom stereocenters. The fourth-order valence-corrected chi connectivity index (χ4v) is 4.74. The van der Waals surface area contributed by atoms with Gasteiger partial charge in [-0.2, -0.15) is 0 Å². The van der Waals surface area contributed by atoms with Gasteiger partial charge in [-0.1, -0.05) is 12.2 Å². The molecule has 2 aliphatic carbocycles. The predicted octanol–water partition coefficient (Wildman–Crippen LogP) is 3.94. The molecular weight excluding hydrogens is 356 g/mol. The van der Waals surface area contributed by atoms with Gasteiger partial charge in [-0.3, -0.25) is 0 Å². The maximum absolute atomic E-state index is 14.8. The van der Waals surface area contributed by atoms with Crippen LogP contribution in [0.2, 0.25) is 5.82 Å². The van der Waals surface area contributed by atoms with Crippen LogP contribution in [0.5, 0.6) is 0 Å². The fraction of sp³-hybridized carbons (Fsp3) is 0.818. The molecule has 28 heavy (non-hydrogen) atoms. The van der Waals surface area contributed by atoms with Crippen molar-refractivity contribution in [1.29, 1.82) is 0 Å². The van der Waals surface area contributed by atoms with Crippen LogP contribution < -0.4 is 5.32 Å². The summed E-state index contributed by atoms with van der Waals surface area (Å²) in [5, 5.41) is 3.44. The second-order valence-corrected chi connectivity index (χ2v) is 10.0. The lowest BCUT2D eigenvalue weighted by Gasteiger charge is -2.32. The van der Waals surface area contributed by atoms with Crippen LogP contribution in [0, 0.1) is 17.8 Å². The third-order valence-corrected chi connectivity index (χ3v) is 7.43. The zero-order chi connectivity index (χ0) is 19.9. The lowest BCUT2D eigenvalue weighted by atomic mass is 9.67. The van der Waals surface area contributed by atoms with E-state index < -0.39 is 30.3 Å². The highest BCUT2D eigenvalue weighted by atomic mass is 19.1. The van der Waals surface area contributed by atoms with Gasteiger partial charge in [-0.15, -0.1) is 0 Å². The van der Waals surface area contributed by atoms with Crippen molar-refractivity contribution in [2.45, 2.75) is 70.1 Å². The van der Waals surface area contributed by atoms with E-state index in [-0.39, 0.29) is 0 Å². The zero-order valence-electron chi connectivity index (χ0n) is 17.7. The summed E-state index contributed by atoms with van der Waals surface area (Å²) in [4.78, 5) is 0. The maximum atomic E-state index is 14.8. The summed E-state index contributed by atoms with van der Waals surface area (Å²) in [5.74, 6) is 2.02. The van der Waals surface area contributed by atoms with Crippen molar-refractivity contribution in [3.63, 3.8) is 0 Å². The SMILES string of the molecule is CC1(C)OB(C2C=CC(COC[C@@H]3C[C@@H]3C3CCNCC3)=CC2F)OC1(C)C. The molecule has 1 saturated carbocycles. The molecule has 0 aromatic rings. The first-order chi connectivity index (χ1) is 13.3. The minimum atomic E-state index is -1.11. The molecule has 4 nitrogen and oxygen atoms in total. The molecule has 4 rings (SSSR count). The summed E-state index contributed by atoms with van der Waals surface area (Å²) in [6, 6.07) is 0. The van der Waals surface area contributed by atoms with Gasteiger partial charge in [0.2, 0.25) is 0 Å². The first-order valence-electron chi connectivity index (χ1n) is 10.9. The number of allylic oxidation sites excluding steroid dienone is 2. The maximum Gasteiger partial charge on any atom is 0.468 e. The van der Waals surface area contributed by atoms with Gasteiger partial charge in [0.05, 0.1) is 24.4 Å². The number of alkyl halides is 1. The average molecular weight is 391 g/mol. The molecule has 6 heteroatoms. The molecule has 0 amide bonds. The molecule has 2 aliphatic heterocycles. The minimum Gasteiger partial charge on any atom is -0.403 e. The standard InChI is InChI=1S/C22H35BFNO3/c1-21(2)22(3,4)28-23(27-21)19-6-5-15(11-20(19)24)13-26-14-17-12-18(17)16-7-9-25-10-8-16/h5-6,11,16-20,25H,7-10,12-14H2,1-4H3/t17-,18+,19?,20?/m0/s1. The number of hydrogen-bond acceptors (Lipinski definition) is 4. The van der Waals surface area contributed by atoms with Crippen molar-refractivity contribution >= 4 is 7.12 Å². The van der Waals surface area contributed by atoms with Gasteiger partial charge >= 0.3 is 7.12 Å². The normalized spacial score (nSPS) is 37.2. The van der Waals surface area contributed by atoms with Gasteiger partial charge < -0.3 is 19.4 Å². The molecule has 0 radical (unpaired) electrons. The smallest absolute Gasteiger partial charge is 0.403 e. The van der Waals surface area contributed by atoms with Crippen molar-refractivity contribution < 1.29 is 18.4 Å². The number of halogens is 1. The molecule has 1 N–H and O–H groups in total. The second-order valence-electron chi connectivity index (χ2n) is 10.0. The Bertz CT molecular complexity index is 613. The highest BCUT2D eigenvalue weighted by Gasteiger charge is 2.54. The van der Waals surface area contributed by atoms with E-state index in [9.17, 15) is 4.39 Å². The van der Waals surface area contributed by atoms with Gasteiger partial charge in [0.15, 0.2) is 0 Å². The Kier molecular flexibility index (Phi) is 5.78. The summed E-state index contributed by atoms with van der Waals surface area (Å²) in [6.45, 7) is 11.6. The quantitative estimate of drug-likeness (QED) is 0.697. The Morgan fingerprint density at radius 3 is 2.50 bits per heavy atom. The third-order valence-electron chi connectivity index (χ3n) is 7.43. The Labute approximate surface area is 169 Å². The topological polar surface area (TPSA) is 39.7 Å². The van der Waals surface area contributed by atoms with Crippen molar-refractivity contribution in [1.82, 2.24) is 5.32 Å². The zero-order valence-corrected chi connectivity index (χ0v) is 17.7. The molecule has 0 bridgehead atoms. The van der Waals surface area contributed by atoms with E-state index in [4.69, 9.17) is 14.0 Å². The second kappa shape index (κ2) is 7.86.